The summed E-state index contributed by atoms with van der Waals surface area (Å²) in [5.74, 6) is 0.369. The minimum atomic E-state index is -3.96. The van der Waals surface area contributed by atoms with Gasteiger partial charge in [-0.1, -0.05) is 29.4 Å². The van der Waals surface area contributed by atoms with Gasteiger partial charge in [-0.2, -0.15) is 0 Å². The summed E-state index contributed by atoms with van der Waals surface area (Å²) in [6, 6.07) is 4.40. The van der Waals surface area contributed by atoms with Gasteiger partial charge in [-0.25, -0.2) is 13.6 Å². The lowest BCUT2D eigenvalue weighted by Crippen LogP contribution is -2.46. The van der Waals surface area contributed by atoms with E-state index in [1.165, 1.54) is 23.9 Å². The van der Waals surface area contributed by atoms with Crippen molar-refractivity contribution in [3.8, 4) is 0 Å². The molecule has 3 rings (SSSR count). The molecule has 2 aliphatic heterocycles. The van der Waals surface area contributed by atoms with Crippen LogP contribution in [0.5, 0.6) is 0 Å². The Morgan fingerprint density at radius 3 is 2.77 bits per heavy atom. The quantitative estimate of drug-likeness (QED) is 0.828. The fourth-order valence-electron chi connectivity index (χ4n) is 2.66. The molecule has 2 heterocycles. The first-order valence-corrected chi connectivity index (χ1v) is 9.49. The number of amidine groups is 1. The molecule has 9 heteroatoms. The number of primary sulfonamides is 1. The highest BCUT2D eigenvalue weighted by Gasteiger charge is 2.50. The molecule has 1 unspecified atom stereocenters. The van der Waals surface area contributed by atoms with Crippen LogP contribution in [0, 0.1) is 0 Å². The molecule has 120 valence electrons. The van der Waals surface area contributed by atoms with Gasteiger partial charge >= 0.3 is 0 Å². The van der Waals surface area contributed by atoms with Gasteiger partial charge in [0.05, 0.1) is 16.3 Å². The largest absolute Gasteiger partial charge is 0.366 e. The Balaban J connectivity index is 2.07. The topological polar surface area (TPSA) is 96.0 Å². The second-order valence-electron chi connectivity index (χ2n) is 6.09. The molecular formula is C13H16ClN3O3S2. The Labute approximate surface area is 138 Å². The molecule has 2 aliphatic rings. The van der Waals surface area contributed by atoms with Crippen LogP contribution in [0.2, 0.25) is 5.02 Å². The molecule has 1 saturated heterocycles. The highest BCUT2D eigenvalue weighted by molar-refractivity contribution is 8.14. The number of halogens is 1. The lowest BCUT2D eigenvalue weighted by molar-refractivity contribution is -0.0482. The van der Waals surface area contributed by atoms with E-state index in [2.05, 4.69) is 4.99 Å². The Morgan fingerprint density at radius 1 is 1.45 bits per heavy atom. The van der Waals surface area contributed by atoms with E-state index in [0.717, 1.165) is 5.17 Å². The van der Waals surface area contributed by atoms with Crippen LogP contribution in [0.4, 0.5) is 0 Å². The van der Waals surface area contributed by atoms with Gasteiger partial charge in [0.25, 0.3) is 0 Å². The van der Waals surface area contributed by atoms with Gasteiger partial charge in [-0.3, -0.25) is 4.99 Å². The number of nitrogens with two attached hydrogens (primary N) is 1. The molecule has 1 aromatic rings. The van der Waals surface area contributed by atoms with E-state index in [1.54, 1.807) is 11.0 Å². The Kier molecular flexibility index (Phi) is 3.54. The zero-order valence-corrected chi connectivity index (χ0v) is 14.5. The number of rotatable bonds is 2. The van der Waals surface area contributed by atoms with Crippen LogP contribution in [0.25, 0.3) is 0 Å². The van der Waals surface area contributed by atoms with Gasteiger partial charge < -0.3 is 10.0 Å². The van der Waals surface area contributed by atoms with Crippen molar-refractivity contribution >= 4 is 38.6 Å². The van der Waals surface area contributed by atoms with Gasteiger partial charge in [-0.05, 0) is 26.0 Å². The number of thioether (sulfide) groups is 1. The number of benzene rings is 1. The second kappa shape index (κ2) is 4.85. The van der Waals surface area contributed by atoms with E-state index in [0.29, 0.717) is 17.9 Å². The minimum Gasteiger partial charge on any atom is -0.366 e. The molecule has 3 N–H and O–H groups in total. The molecule has 22 heavy (non-hydrogen) atoms. The smallest absolute Gasteiger partial charge is 0.239 e. The zero-order valence-electron chi connectivity index (χ0n) is 12.1. The number of fused-ring (bicyclic) bond motifs is 1. The highest BCUT2D eigenvalue weighted by Crippen LogP contribution is 2.44. The summed E-state index contributed by atoms with van der Waals surface area (Å²) in [5, 5.41) is 17.1. The molecule has 1 atom stereocenters. The molecule has 0 aliphatic carbocycles. The van der Waals surface area contributed by atoms with Gasteiger partial charge in [0.2, 0.25) is 10.0 Å². The van der Waals surface area contributed by atoms with Crippen molar-refractivity contribution in [1.29, 1.82) is 0 Å². The van der Waals surface area contributed by atoms with Crippen molar-refractivity contribution in [1.82, 2.24) is 4.90 Å². The molecule has 0 radical (unpaired) electrons. The summed E-state index contributed by atoms with van der Waals surface area (Å²) in [6.07, 6.45) is 0. The maximum absolute atomic E-state index is 11.6. The van der Waals surface area contributed by atoms with Crippen molar-refractivity contribution in [2.45, 2.75) is 30.0 Å². The molecule has 0 saturated carbocycles. The van der Waals surface area contributed by atoms with Crippen molar-refractivity contribution in [3.05, 3.63) is 28.8 Å². The van der Waals surface area contributed by atoms with Crippen LogP contribution in [-0.2, 0) is 15.7 Å². The van der Waals surface area contributed by atoms with Crippen molar-refractivity contribution in [2.24, 2.45) is 10.1 Å². The SMILES string of the molecule is CC1(C)CN2C(=N1)SCC2(O)c1ccc(Cl)c(S(N)(=O)=O)c1. The number of nitrogens with zero attached hydrogens (tertiary/aromatic N) is 2. The number of hydrogen-bond acceptors (Lipinski definition) is 6. The Hall–Kier alpha value is -0.800. The van der Waals surface area contributed by atoms with E-state index in [4.69, 9.17) is 16.7 Å². The monoisotopic (exact) mass is 361 g/mol. The van der Waals surface area contributed by atoms with Crippen LogP contribution in [0.15, 0.2) is 28.1 Å². The molecule has 6 nitrogen and oxygen atoms in total. The number of sulfonamides is 1. The fraction of sp³-hybridized carbons (Fsp3) is 0.462. The number of hydrogen-bond donors (Lipinski definition) is 2. The van der Waals surface area contributed by atoms with Crippen LogP contribution in [0.3, 0.4) is 0 Å². The van der Waals surface area contributed by atoms with Gasteiger partial charge in [0, 0.05) is 12.1 Å². The highest BCUT2D eigenvalue weighted by atomic mass is 35.5. The summed E-state index contributed by atoms with van der Waals surface area (Å²) in [4.78, 5) is 6.18. The molecule has 1 fully saturated rings. The molecular weight excluding hydrogens is 346 g/mol. The average Bonchev–Trinajstić information content (AvgIpc) is 2.84. The fourth-order valence-corrected chi connectivity index (χ4v) is 5.07. The molecule has 1 aromatic carbocycles. The predicted molar refractivity (Wildman–Crippen MR) is 87.4 cm³/mol. The number of aliphatic hydroxyl groups is 1. The first kappa shape index (κ1) is 16.1. The Bertz CT molecular complexity index is 779. The predicted octanol–water partition coefficient (Wildman–Crippen LogP) is 1.33. The summed E-state index contributed by atoms with van der Waals surface area (Å²) in [5.41, 5.74) is -1.16. The maximum atomic E-state index is 11.6. The lowest BCUT2D eigenvalue weighted by Gasteiger charge is -2.34. The molecule has 0 amide bonds. The summed E-state index contributed by atoms with van der Waals surface area (Å²) in [7, 11) is -3.96. The maximum Gasteiger partial charge on any atom is 0.239 e. The van der Waals surface area contributed by atoms with E-state index >= 15 is 0 Å². The molecule has 0 aromatic heterocycles. The van der Waals surface area contributed by atoms with Crippen LogP contribution in [0.1, 0.15) is 19.4 Å². The third-order valence-electron chi connectivity index (χ3n) is 3.72. The van der Waals surface area contributed by atoms with Crippen LogP contribution in [-0.4, -0.2) is 41.4 Å². The Morgan fingerprint density at radius 2 is 2.14 bits per heavy atom. The second-order valence-corrected chi connectivity index (χ2v) is 8.97. The van der Waals surface area contributed by atoms with E-state index in [1.807, 2.05) is 13.8 Å². The van der Waals surface area contributed by atoms with Crippen LogP contribution >= 0.6 is 23.4 Å². The first-order valence-electron chi connectivity index (χ1n) is 6.58. The minimum absolute atomic E-state index is 0.0381. The van der Waals surface area contributed by atoms with Crippen molar-refractivity contribution in [3.63, 3.8) is 0 Å². The van der Waals surface area contributed by atoms with Crippen molar-refractivity contribution < 1.29 is 13.5 Å². The van der Waals surface area contributed by atoms with Gasteiger partial charge in [0.15, 0.2) is 10.9 Å². The van der Waals surface area contributed by atoms with Crippen LogP contribution < -0.4 is 5.14 Å². The molecule has 0 spiro atoms. The standard InChI is InChI=1S/C13H16ClN3O3S2/c1-12(2)6-17-11(16-12)21-7-13(17,18)8-3-4-9(14)10(5-8)22(15,19)20/h3-5,18H,6-7H2,1-2H3,(H2,15,19,20). The van der Waals surface area contributed by atoms with Crippen molar-refractivity contribution in [2.75, 3.05) is 12.3 Å². The van der Waals surface area contributed by atoms with E-state index in [-0.39, 0.29) is 15.5 Å². The van der Waals surface area contributed by atoms with Gasteiger partial charge in [-0.15, -0.1) is 0 Å². The normalized spacial score (nSPS) is 27.0. The first-order chi connectivity index (χ1) is 10.0. The lowest BCUT2D eigenvalue weighted by atomic mass is 10.0. The zero-order chi connectivity index (χ0) is 16.3. The third kappa shape index (κ3) is 2.52. The summed E-state index contributed by atoms with van der Waals surface area (Å²) in [6.45, 7) is 4.52. The third-order valence-corrected chi connectivity index (χ3v) is 6.23. The molecule has 0 bridgehead atoms. The number of aliphatic imine (C=N–C) groups is 1. The summed E-state index contributed by atoms with van der Waals surface area (Å²) < 4.78 is 23.3. The summed E-state index contributed by atoms with van der Waals surface area (Å²) >= 11 is 7.35. The van der Waals surface area contributed by atoms with E-state index < -0.39 is 15.7 Å². The average molecular weight is 362 g/mol. The van der Waals surface area contributed by atoms with E-state index in [9.17, 15) is 13.5 Å². The van der Waals surface area contributed by atoms with Gasteiger partial charge in [0.1, 0.15) is 4.90 Å².